The van der Waals surface area contributed by atoms with Crippen LogP contribution in [0.1, 0.15) is 355 Å². The third-order valence-electron chi connectivity index (χ3n) is 17.5. The SMILES string of the molecule is CCCCC/C=C\C/C=C\C/C=C\CCCCCCCCCCCCCCCC(O)C(=O)NC(COC1OC(CO)C(O)C(O)C1OC(=O)CCCCCCCCCCCCCCCCCCCCC)C(O)/C=C/CCCCCCCCCCCC. The van der Waals surface area contributed by atoms with Crippen LogP contribution in [0.3, 0.4) is 0 Å². The molecule has 0 spiro atoms. The minimum absolute atomic E-state index is 0.129. The number of rotatable bonds is 64. The van der Waals surface area contributed by atoms with E-state index in [2.05, 4.69) is 62.5 Å². The lowest BCUT2D eigenvalue weighted by Crippen LogP contribution is -2.61. The molecule has 86 heavy (non-hydrogen) atoms. The Kier molecular flexibility index (Phi) is 59.6. The van der Waals surface area contributed by atoms with Crippen LogP contribution in [0.5, 0.6) is 0 Å². The van der Waals surface area contributed by atoms with E-state index in [9.17, 15) is 35.1 Å². The molecule has 0 radical (unpaired) electrons. The number of esters is 1. The molecule has 1 fully saturated rings. The fourth-order valence-corrected chi connectivity index (χ4v) is 11.7. The standard InChI is InChI=1S/C75H139NO10/c1-4-7-10-13-16-19-22-25-27-29-31-32-33-34-35-36-37-39-40-42-44-47-50-53-56-59-62-68(79)74(83)76-66(67(78)61-58-55-52-49-46-24-21-18-15-12-9-6-3)65-84-75-73(72(82)71(81)69(64-77)85-75)86-70(80)63-60-57-54-51-48-45-43-41-38-30-28-26-23-20-17-14-11-8-5-2/h16,19,25,27,31-32,58,61,66-69,71-73,75,77-79,81-82H,4-15,17-18,20-24,26,28-30,33-57,59-60,62-65H2,1-3H3,(H,76,83)/b19-16-,27-25-,32-31-,61-58+. The third-order valence-corrected chi connectivity index (χ3v) is 17.5. The third kappa shape index (κ3) is 49.4. The van der Waals surface area contributed by atoms with Gasteiger partial charge in [0.15, 0.2) is 12.4 Å². The van der Waals surface area contributed by atoms with E-state index >= 15 is 0 Å². The lowest BCUT2D eigenvalue weighted by molar-refractivity contribution is -0.305. The zero-order valence-corrected chi connectivity index (χ0v) is 56.2. The molecule has 1 amide bonds. The predicted molar refractivity (Wildman–Crippen MR) is 361 cm³/mol. The largest absolute Gasteiger partial charge is 0.454 e. The predicted octanol–water partition coefficient (Wildman–Crippen LogP) is 19.1. The van der Waals surface area contributed by atoms with E-state index in [1.165, 1.54) is 238 Å². The topological polar surface area (TPSA) is 175 Å². The first-order valence-electron chi connectivity index (χ1n) is 36.9. The lowest BCUT2D eigenvalue weighted by atomic mass is 9.99. The Balaban J connectivity index is 2.54. The minimum Gasteiger partial charge on any atom is -0.454 e. The zero-order valence-electron chi connectivity index (χ0n) is 56.2. The maximum atomic E-state index is 13.5. The van der Waals surface area contributed by atoms with Crippen molar-refractivity contribution in [3.05, 3.63) is 48.6 Å². The van der Waals surface area contributed by atoms with Gasteiger partial charge in [-0.05, 0) is 64.2 Å². The molecule has 0 saturated carbocycles. The number of ether oxygens (including phenoxy) is 3. The average Bonchev–Trinajstić information content (AvgIpc) is 3.68. The molecule has 11 heteroatoms. The molecule has 1 aliphatic heterocycles. The molecular weight excluding hydrogens is 1070 g/mol. The molecule has 8 atom stereocenters. The van der Waals surface area contributed by atoms with Crippen LogP contribution in [-0.4, -0.2) is 99.6 Å². The molecule has 0 bridgehead atoms. The molecule has 8 unspecified atom stereocenters. The van der Waals surface area contributed by atoms with Gasteiger partial charge in [0.1, 0.15) is 24.4 Å². The molecule has 1 saturated heterocycles. The van der Waals surface area contributed by atoms with E-state index in [-0.39, 0.29) is 13.0 Å². The number of carbonyl (C=O) groups is 2. The van der Waals surface area contributed by atoms with E-state index in [4.69, 9.17) is 14.2 Å². The Morgan fingerprint density at radius 2 is 0.802 bits per heavy atom. The summed E-state index contributed by atoms with van der Waals surface area (Å²) >= 11 is 0. The Hall–Kier alpha value is -2.38. The van der Waals surface area contributed by atoms with Crippen LogP contribution in [0.25, 0.3) is 0 Å². The number of carbonyl (C=O) groups excluding carboxylic acids is 2. The van der Waals surface area contributed by atoms with Crippen molar-refractivity contribution in [2.24, 2.45) is 0 Å². The second-order valence-corrected chi connectivity index (χ2v) is 25.7. The molecule has 0 aromatic rings. The first-order chi connectivity index (χ1) is 42.2. The fourth-order valence-electron chi connectivity index (χ4n) is 11.7. The summed E-state index contributed by atoms with van der Waals surface area (Å²) in [6.07, 6.45) is 68.7. The zero-order chi connectivity index (χ0) is 62.4. The van der Waals surface area contributed by atoms with E-state index < -0.39 is 67.4 Å². The van der Waals surface area contributed by atoms with Crippen LogP contribution in [0.15, 0.2) is 48.6 Å². The van der Waals surface area contributed by atoms with Gasteiger partial charge in [-0.2, -0.15) is 0 Å². The van der Waals surface area contributed by atoms with E-state index in [1.807, 2.05) is 6.08 Å². The summed E-state index contributed by atoms with van der Waals surface area (Å²) in [5.41, 5.74) is 0. The summed E-state index contributed by atoms with van der Waals surface area (Å²) in [4.78, 5) is 26.7. The second-order valence-electron chi connectivity index (χ2n) is 25.7. The molecule has 6 N–H and O–H groups in total. The number of aliphatic hydroxyl groups excluding tert-OH is 5. The number of hydrogen-bond donors (Lipinski definition) is 6. The quantitative estimate of drug-likeness (QED) is 0.0195. The number of amides is 1. The van der Waals surface area contributed by atoms with Crippen LogP contribution in [0, 0.1) is 0 Å². The summed E-state index contributed by atoms with van der Waals surface area (Å²) in [6, 6.07) is -1.02. The molecule has 11 nitrogen and oxygen atoms in total. The van der Waals surface area contributed by atoms with Crippen molar-refractivity contribution in [3.63, 3.8) is 0 Å². The van der Waals surface area contributed by atoms with E-state index in [0.29, 0.717) is 19.3 Å². The lowest BCUT2D eigenvalue weighted by Gasteiger charge is -2.41. The van der Waals surface area contributed by atoms with Gasteiger partial charge in [-0.15, -0.1) is 0 Å². The molecule has 0 aromatic heterocycles. The van der Waals surface area contributed by atoms with Gasteiger partial charge in [-0.3, -0.25) is 9.59 Å². The summed E-state index contributed by atoms with van der Waals surface area (Å²) in [5.74, 6) is -1.18. The molecule has 1 rings (SSSR count). The summed E-state index contributed by atoms with van der Waals surface area (Å²) in [5, 5.41) is 57.3. The van der Waals surface area contributed by atoms with Gasteiger partial charge in [0, 0.05) is 6.42 Å². The number of nitrogens with one attached hydrogen (secondary N) is 1. The molecule has 504 valence electrons. The normalized spacial score (nSPS) is 18.5. The van der Waals surface area contributed by atoms with Gasteiger partial charge in [0.2, 0.25) is 5.91 Å². The van der Waals surface area contributed by atoms with Crippen LogP contribution in [-0.2, 0) is 23.8 Å². The summed E-state index contributed by atoms with van der Waals surface area (Å²) in [6.45, 7) is 5.82. The molecule has 1 heterocycles. The number of allylic oxidation sites excluding steroid dienone is 7. The summed E-state index contributed by atoms with van der Waals surface area (Å²) in [7, 11) is 0. The van der Waals surface area contributed by atoms with Crippen molar-refractivity contribution in [1.29, 1.82) is 0 Å². The van der Waals surface area contributed by atoms with Crippen molar-refractivity contribution in [3.8, 4) is 0 Å². The second kappa shape index (κ2) is 62.8. The Bertz CT molecular complexity index is 1590. The maximum absolute atomic E-state index is 13.5. The molecule has 0 aromatic carbocycles. The first-order valence-corrected chi connectivity index (χ1v) is 36.9. The van der Waals surface area contributed by atoms with E-state index in [0.717, 1.165) is 70.6 Å². The van der Waals surface area contributed by atoms with Crippen molar-refractivity contribution < 1.29 is 49.3 Å². The number of unbranched alkanes of at least 4 members (excludes halogenated alkanes) is 44. The van der Waals surface area contributed by atoms with Crippen LogP contribution < -0.4 is 5.32 Å². The van der Waals surface area contributed by atoms with Gasteiger partial charge in [0.05, 0.1) is 25.4 Å². The number of hydrogen-bond acceptors (Lipinski definition) is 10. The van der Waals surface area contributed by atoms with Gasteiger partial charge < -0.3 is 45.1 Å². The van der Waals surface area contributed by atoms with Gasteiger partial charge in [-0.25, -0.2) is 0 Å². The molecule has 1 aliphatic rings. The first kappa shape index (κ1) is 81.6. The van der Waals surface area contributed by atoms with Gasteiger partial charge >= 0.3 is 5.97 Å². The van der Waals surface area contributed by atoms with Crippen molar-refractivity contribution >= 4 is 11.9 Å². The highest BCUT2D eigenvalue weighted by atomic mass is 16.7. The smallest absolute Gasteiger partial charge is 0.306 e. The monoisotopic (exact) mass is 1210 g/mol. The van der Waals surface area contributed by atoms with Crippen molar-refractivity contribution in [1.82, 2.24) is 5.32 Å². The Labute approximate surface area is 529 Å². The highest BCUT2D eigenvalue weighted by Gasteiger charge is 2.47. The summed E-state index contributed by atoms with van der Waals surface area (Å²) < 4.78 is 17.7. The van der Waals surface area contributed by atoms with Crippen molar-refractivity contribution in [2.75, 3.05) is 13.2 Å². The molecule has 0 aliphatic carbocycles. The van der Waals surface area contributed by atoms with E-state index in [1.54, 1.807) is 6.08 Å². The Morgan fingerprint density at radius 3 is 1.22 bits per heavy atom. The van der Waals surface area contributed by atoms with Crippen LogP contribution in [0.4, 0.5) is 0 Å². The van der Waals surface area contributed by atoms with Crippen LogP contribution in [0.2, 0.25) is 0 Å². The highest BCUT2D eigenvalue weighted by Crippen LogP contribution is 2.26. The number of aliphatic hydroxyl groups is 5. The molecular formula is C75H139NO10. The van der Waals surface area contributed by atoms with Gasteiger partial charge in [-0.1, -0.05) is 333 Å². The fraction of sp³-hybridized carbons (Fsp3) is 0.867. The highest BCUT2D eigenvalue weighted by molar-refractivity contribution is 5.80. The minimum atomic E-state index is -1.61. The van der Waals surface area contributed by atoms with Crippen molar-refractivity contribution in [2.45, 2.75) is 404 Å². The average molecular weight is 1210 g/mol. The van der Waals surface area contributed by atoms with Gasteiger partial charge in [0.25, 0.3) is 0 Å². The Morgan fingerprint density at radius 1 is 0.453 bits per heavy atom. The maximum Gasteiger partial charge on any atom is 0.306 e. The van der Waals surface area contributed by atoms with Crippen LogP contribution >= 0.6 is 0 Å².